The van der Waals surface area contributed by atoms with Gasteiger partial charge in [-0.2, -0.15) is 0 Å². The number of likely N-dealkylation sites (N-methyl/N-ethyl adjacent to an activating group) is 1. The van der Waals surface area contributed by atoms with E-state index >= 15 is 0 Å². The van der Waals surface area contributed by atoms with Gasteiger partial charge in [-0.25, -0.2) is 0 Å². The monoisotopic (exact) mass is 335 g/mol. The molecule has 5 nitrogen and oxygen atoms in total. The zero-order valence-corrected chi connectivity index (χ0v) is 15.0. The van der Waals surface area contributed by atoms with Crippen LogP contribution in [0.15, 0.2) is 23.1 Å². The predicted molar refractivity (Wildman–Crippen MR) is 95.1 cm³/mol. The minimum Gasteiger partial charge on any atom is -0.350 e. The van der Waals surface area contributed by atoms with Gasteiger partial charge in [-0.3, -0.25) is 9.59 Å². The molecule has 126 valence electrons. The van der Waals surface area contributed by atoms with E-state index in [1.165, 1.54) is 0 Å². The highest BCUT2D eigenvalue weighted by atomic mass is 32.2. The van der Waals surface area contributed by atoms with E-state index in [9.17, 15) is 9.59 Å². The number of anilines is 1. The normalized spacial score (nSPS) is 15.8. The van der Waals surface area contributed by atoms with Crippen molar-refractivity contribution in [2.24, 2.45) is 5.92 Å². The van der Waals surface area contributed by atoms with E-state index in [2.05, 4.69) is 29.4 Å². The first-order chi connectivity index (χ1) is 10.9. The molecule has 1 aliphatic rings. The molecule has 1 aliphatic heterocycles. The van der Waals surface area contributed by atoms with Gasteiger partial charge in [-0.1, -0.05) is 13.8 Å². The molecule has 0 spiro atoms. The van der Waals surface area contributed by atoms with Crippen LogP contribution >= 0.6 is 11.8 Å². The van der Waals surface area contributed by atoms with Gasteiger partial charge in [0.25, 0.3) is 5.91 Å². The molecule has 0 aliphatic carbocycles. The van der Waals surface area contributed by atoms with Crippen LogP contribution in [0.1, 0.15) is 30.6 Å². The summed E-state index contributed by atoms with van der Waals surface area (Å²) < 4.78 is 0. The topological polar surface area (TPSA) is 61.4 Å². The fraction of sp³-hybridized carbons (Fsp3) is 0.529. The zero-order valence-electron chi connectivity index (χ0n) is 14.2. The zero-order chi connectivity index (χ0) is 17.0. The number of nitrogens with zero attached hydrogens (tertiary/aromatic N) is 1. The fourth-order valence-corrected chi connectivity index (χ4v) is 3.61. The third kappa shape index (κ3) is 4.72. The fourth-order valence-electron chi connectivity index (χ4n) is 2.68. The van der Waals surface area contributed by atoms with E-state index in [-0.39, 0.29) is 17.9 Å². The smallest absolute Gasteiger partial charge is 0.251 e. The average Bonchev–Trinajstić information content (AvgIpc) is 2.66. The van der Waals surface area contributed by atoms with Crippen molar-refractivity contribution in [2.45, 2.75) is 31.2 Å². The van der Waals surface area contributed by atoms with Crippen LogP contribution in [0.5, 0.6) is 0 Å². The third-order valence-corrected chi connectivity index (χ3v) is 5.08. The summed E-state index contributed by atoms with van der Waals surface area (Å²) in [4.78, 5) is 27.2. The molecule has 0 bridgehead atoms. The minimum atomic E-state index is -0.108. The molecule has 0 aromatic heterocycles. The standard InChI is InChI=1S/C17H25N3O2S/c1-11(2)14(20(3)4)10-18-17(22)12-5-6-15-13(9-12)19-16(21)7-8-23-15/h5-6,9,11,14H,7-8,10H2,1-4H3,(H,18,22)(H,19,21)/t14-/m1/s1. The first kappa shape index (κ1) is 17.8. The predicted octanol–water partition coefficient (Wildman–Crippen LogP) is 2.44. The Morgan fingerprint density at radius 3 is 2.78 bits per heavy atom. The van der Waals surface area contributed by atoms with Crippen LogP contribution in [0.2, 0.25) is 0 Å². The molecule has 0 saturated heterocycles. The Kier molecular flexibility index (Phi) is 6.07. The molecule has 23 heavy (non-hydrogen) atoms. The number of fused-ring (bicyclic) bond motifs is 1. The second-order valence-electron chi connectivity index (χ2n) is 6.34. The van der Waals surface area contributed by atoms with Crippen molar-refractivity contribution < 1.29 is 9.59 Å². The van der Waals surface area contributed by atoms with Crippen molar-refractivity contribution in [3.8, 4) is 0 Å². The van der Waals surface area contributed by atoms with Crippen molar-refractivity contribution in [2.75, 3.05) is 31.7 Å². The van der Waals surface area contributed by atoms with Crippen LogP contribution in [-0.4, -0.2) is 49.1 Å². The first-order valence-electron chi connectivity index (χ1n) is 7.90. The number of benzene rings is 1. The van der Waals surface area contributed by atoms with Gasteiger partial charge in [0.1, 0.15) is 0 Å². The number of amides is 2. The van der Waals surface area contributed by atoms with Gasteiger partial charge < -0.3 is 15.5 Å². The molecule has 1 aromatic rings. The summed E-state index contributed by atoms with van der Waals surface area (Å²) in [7, 11) is 4.04. The summed E-state index contributed by atoms with van der Waals surface area (Å²) in [6.45, 7) is 4.89. The van der Waals surface area contributed by atoms with Crippen molar-refractivity contribution >= 4 is 29.3 Å². The molecule has 1 heterocycles. The van der Waals surface area contributed by atoms with E-state index in [1.807, 2.05) is 26.2 Å². The van der Waals surface area contributed by atoms with E-state index in [0.29, 0.717) is 24.4 Å². The lowest BCUT2D eigenvalue weighted by Crippen LogP contribution is -2.43. The van der Waals surface area contributed by atoms with Crippen LogP contribution in [0.4, 0.5) is 5.69 Å². The number of thioether (sulfide) groups is 1. The number of carbonyl (C=O) groups is 2. The molecule has 6 heteroatoms. The maximum Gasteiger partial charge on any atom is 0.251 e. The molecule has 0 saturated carbocycles. The lowest BCUT2D eigenvalue weighted by atomic mass is 10.0. The number of carbonyl (C=O) groups excluding carboxylic acids is 2. The van der Waals surface area contributed by atoms with Gasteiger partial charge in [0.2, 0.25) is 5.91 Å². The molecular weight excluding hydrogens is 310 g/mol. The highest BCUT2D eigenvalue weighted by Crippen LogP contribution is 2.31. The number of hydrogen-bond acceptors (Lipinski definition) is 4. The van der Waals surface area contributed by atoms with E-state index in [4.69, 9.17) is 0 Å². The molecule has 0 fully saturated rings. The van der Waals surface area contributed by atoms with Crippen LogP contribution < -0.4 is 10.6 Å². The van der Waals surface area contributed by atoms with Gasteiger partial charge in [-0.15, -0.1) is 11.8 Å². The number of hydrogen-bond donors (Lipinski definition) is 2. The summed E-state index contributed by atoms with van der Waals surface area (Å²) in [5, 5.41) is 5.87. The molecule has 1 aromatic carbocycles. The molecule has 2 amide bonds. The SMILES string of the molecule is CC(C)[C@@H](CNC(=O)c1ccc2c(c1)NC(=O)CCS2)N(C)C. The molecular formula is C17H25N3O2S. The van der Waals surface area contributed by atoms with Crippen LogP contribution in [0.25, 0.3) is 0 Å². The van der Waals surface area contributed by atoms with Gasteiger partial charge in [0.15, 0.2) is 0 Å². The Morgan fingerprint density at radius 2 is 2.13 bits per heavy atom. The molecule has 2 rings (SSSR count). The van der Waals surface area contributed by atoms with Crippen molar-refractivity contribution in [1.82, 2.24) is 10.2 Å². The lowest BCUT2D eigenvalue weighted by Gasteiger charge is -2.28. The van der Waals surface area contributed by atoms with Crippen molar-refractivity contribution in [3.63, 3.8) is 0 Å². The molecule has 2 N–H and O–H groups in total. The van der Waals surface area contributed by atoms with Crippen molar-refractivity contribution in [1.29, 1.82) is 0 Å². The molecule has 0 unspecified atom stereocenters. The van der Waals surface area contributed by atoms with Crippen LogP contribution in [-0.2, 0) is 4.79 Å². The summed E-state index contributed by atoms with van der Waals surface area (Å²) in [6.07, 6.45) is 0.500. The second kappa shape index (κ2) is 7.84. The Labute approximate surface area is 142 Å². The maximum atomic E-state index is 12.4. The Balaban J connectivity index is 2.07. The summed E-state index contributed by atoms with van der Waals surface area (Å²) in [5.41, 5.74) is 1.31. The average molecular weight is 335 g/mol. The van der Waals surface area contributed by atoms with E-state index in [0.717, 1.165) is 16.3 Å². The van der Waals surface area contributed by atoms with E-state index in [1.54, 1.807) is 17.8 Å². The Hall–Kier alpha value is -1.53. The quantitative estimate of drug-likeness (QED) is 0.868. The van der Waals surface area contributed by atoms with Gasteiger partial charge in [-0.05, 0) is 38.2 Å². The summed E-state index contributed by atoms with van der Waals surface area (Å²) >= 11 is 1.64. The van der Waals surface area contributed by atoms with Crippen LogP contribution in [0.3, 0.4) is 0 Å². The van der Waals surface area contributed by atoms with Gasteiger partial charge >= 0.3 is 0 Å². The number of nitrogens with one attached hydrogen (secondary N) is 2. The maximum absolute atomic E-state index is 12.4. The summed E-state index contributed by atoms with van der Waals surface area (Å²) in [5.74, 6) is 1.11. The highest BCUT2D eigenvalue weighted by Gasteiger charge is 2.19. The highest BCUT2D eigenvalue weighted by molar-refractivity contribution is 7.99. The molecule has 1 atom stereocenters. The van der Waals surface area contributed by atoms with E-state index < -0.39 is 0 Å². The number of rotatable bonds is 5. The van der Waals surface area contributed by atoms with Crippen LogP contribution in [0, 0.1) is 5.92 Å². The second-order valence-corrected chi connectivity index (χ2v) is 7.48. The van der Waals surface area contributed by atoms with Gasteiger partial charge in [0.05, 0.1) is 5.69 Å². The molecule has 0 radical (unpaired) electrons. The Bertz CT molecular complexity index is 579. The lowest BCUT2D eigenvalue weighted by molar-refractivity contribution is -0.115. The summed E-state index contributed by atoms with van der Waals surface area (Å²) in [6, 6.07) is 5.78. The minimum absolute atomic E-state index is 0.00119. The largest absolute Gasteiger partial charge is 0.350 e. The van der Waals surface area contributed by atoms with Gasteiger partial charge in [0, 0.05) is 35.2 Å². The third-order valence-electron chi connectivity index (χ3n) is 4.01. The van der Waals surface area contributed by atoms with Crippen molar-refractivity contribution in [3.05, 3.63) is 23.8 Å². The Morgan fingerprint density at radius 1 is 1.39 bits per heavy atom. The first-order valence-corrected chi connectivity index (χ1v) is 8.88.